The van der Waals surface area contributed by atoms with Crippen molar-refractivity contribution in [1.82, 2.24) is 9.55 Å². The van der Waals surface area contributed by atoms with Gasteiger partial charge in [-0.15, -0.1) is 11.3 Å². The summed E-state index contributed by atoms with van der Waals surface area (Å²) in [5.41, 5.74) is 1.09. The van der Waals surface area contributed by atoms with Crippen molar-refractivity contribution in [2.45, 2.75) is 19.9 Å². The summed E-state index contributed by atoms with van der Waals surface area (Å²) in [7, 11) is 0. The molecule has 1 aromatic carbocycles. The largest absolute Gasteiger partial charge is 0.479 e. The zero-order chi connectivity index (χ0) is 15.9. The summed E-state index contributed by atoms with van der Waals surface area (Å²) < 4.78 is 1.19. The third-order valence-corrected chi connectivity index (χ3v) is 4.86. The van der Waals surface area contributed by atoms with Gasteiger partial charge in [-0.1, -0.05) is 30.3 Å². The molecule has 2 aromatic heterocycles. The summed E-state index contributed by atoms with van der Waals surface area (Å²) in [5, 5.41) is 10.1. The minimum Gasteiger partial charge on any atom is -0.479 e. The average molecular weight is 314 g/mol. The van der Waals surface area contributed by atoms with Gasteiger partial charge in [-0.05, 0) is 25.0 Å². The van der Waals surface area contributed by atoms with Gasteiger partial charge in [0.15, 0.2) is 6.04 Å². The number of thiophene rings is 1. The van der Waals surface area contributed by atoms with Gasteiger partial charge in [0.25, 0.3) is 5.56 Å². The third kappa shape index (κ3) is 2.21. The summed E-state index contributed by atoms with van der Waals surface area (Å²) >= 11 is 1.45. The topological polar surface area (TPSA) is 72.2 Å². The first-order valence-electron chi connectivity index (χ1n) is 6.75. The molecule has 6 heteroatoms. The van der Waals surface area contributed by atoms with Crippen molar-refractivity contribution in [1.29, 1.82) is 0 Å². The number of carboxylic acid groups (broad SMARTS) is 1. The first-order chi connectivity index (χ1) is 10.5. The zero-order valence-corrected chi connectivity index (χ0v) is 12.9. The number of carboxylic acids is 1. The fourth-order valence-corrected chi connectivity index (χ4v) is 3.48. The van der Waals surface area contributed by atoms with E-state index < -0.39 is 12.0 Å². The van der Waals surface area contributed by atoms with E-state index in [9.17, 15) is 14.7 Å². The minimum atomic E-state index is -1.08. The van der Waals surface area contributed by atoms with E-state index in [4.69, 9.17) is 0 Å². The van der Waals surface area contributed by atoms with Gasteiger partial charge in [-0.25, -0.2) is 9.78 Å². The summed E-state index contributed by atoms with van der Waals surface area (Å²) in [4.78, 5) is 30.4. The van der Waals surface area contributed by atoms with Crippen LogP contribution in [-0.4, -0.2) is 20.6 Å². The molecule has 112 valence electrons. The molecule has 0 spiro atoms. The molecule has 0 aliphatic heterocycles. The predicted octanol–water partition coefficient (Wildman–Crippen LogP) is 2.75. The Hall–Kier alpha value is -2.47. The molecule has 0 bridgehead atoms. The SMILES string of the molecule is Cc1sc2ncn(C(C(=O)O)c3ccccc3)c(=O)c2c1C. The van der Waals surface area contributed by atoms with Crippen molar-refractivity contribution in [2.24, 2.45) is 0 Å². The van der Waals surface area contributed by atoms with Crippen LogP contribution >= 0.6 is 11.3 Å². The van der Waals surface area contributed by atoms with Crippen molar-refractivity contribution >= 4 is 27.5 Å². The molecule has 1 unspecified atom stereocenters. The van der Waals surface area contributed by atoms with Crippen molar-refractivity contribution in [3.63, 3.8) is 0 Å². The quantitative estimate of drug-likeness (QED) is 0.807. The highest BCUT2D eigenvalue weighted by molar-refractivity contribution is 7.18. The number of aromatic nitrogens is 2. The molecule has 1 atom stereocenters. The second-order valence-electron chi connectivity index (χ2n) is 5.07. The number of hydrogen-bond acceptors (Lipinski definition) is 4. The number of carbonyl (C=O) groups is 1. The maximum atomic E-state index is 12.7. The van der Waals surface area contributed by atoms with E-state index in [1.54, 1.807) is 30.3 Å². The second-order valence-corrected chi connectivity index (χ2v) is 6.28. The average Bonchev–Trinajstić information content (AvgIpc) is 2.78. The van der Waals surface area contributed by atoms with E-state index in [1.165, 1.54) is 22.2 Å². The fourth-order valence-electron chi connectivity index (χ4n) is 2.49. The van der Waals surface area contributed by atoms with Crippen molar-refractivity contribution in [3.05, 3.63) is 63.0 Å². The Labute approximate surface area is 130 Å². The zero-order valence-electron chi connectivity index (χ0n) is 12.1. The molecule has 0 aliphatic carbocycles. The Balaban J connectivity index is 2.28. The van der Waals surface area contributed by atoms with E-state index in [2.05, 4.69) is 4.98 Å². The summed E-state index contributed by atoms with van der Waals surface area (Å²) in [6, 6.07) is 7.62. The first kappa shape index (κ1) is 14.5. The fraction of sp³-hybridized carbons (Fsp3) is 0.188. The molecule has 1 N–H and O–H groups in total. The standard InChI is InChI=1S/C16H14N2O3S/c1-9-10(2)22-14-12(9)15(19)18(8-17-14)13(16(20)21)11-6-4-3-5-7-11/h3-8,13H,1-2H3,(H,20,21). The lowest BCUT2D eigenvalue weighted by molar-refractivity contribution is -0.139. The lowest BCUT2D eigenvalue weighted by atomic mass is 10.1. The molecule has 5 nitrogen and oxygen atoms in total. The van der Waals surface area contributed by atoms with Gasteiger partial charge < -0.3 is 5.11 Å². The van der Waals surface area contributed by atoms with E-state index >= 15 is 0 Å². The van der Waals surface area contributed by atoms with Crippen LogP contribution in [0.15, 0.2) is 41.5 Å². The number of nitrogens with zero attached hydrogens (tertiary/aromatic N) is 2. The molecule has 0 fully saturated rings. The smallest absolute Gasteiger partial charge is 0.331 e. The highest BCUT2D eigenvalue weighted by Crippen LogP contribution is 2.26. The second kappa shape index (κ2) is 5.38. The number of rotatable bonds is 3. The lowest BCUT2D eigenvalue weighted by Gasteiger charge is -2.15. The Morgan fingerprint density at radius 3 is 2.59 bits per heavy atom. The molecule has 0 saturated carbocycles. The molecule has 2 heterocycles. The molecular formula is C16H14N2O3S. The number of benzene rings is 1. The van der Waals surface area contributed by atoms with Crippen LogP contribution in [0.5, 0.6) is 0 Å². The van der Waals surface area contributed by atoms with Gasteiger partial charge in [0.05, 0.1) is 5.39 Å². The minimum absolute atomic E-state index is 0.317. The van der Waals surface area contributed by atoms with Gasteiger partial charge in [-0.3, -0.25) is 9.36 Å². The van der Waals surface area contributed by atoms with Crippen LogP contribution in [-0.2, 0) is 4.79 Å². The van der Waals surface area contributed by atoms with Gasteiger partial charge in [-0.2, -0.15) is 0 Å². The summed E-state index contributed by atoms with van der Waals surface area (Å²) in [6.45, 7) is 3.79. The van der Waals surface area contributed by atoms with Crippen LogP contribution in [0.2, 0.25) is 0 Å². The number of hydrogen-bond donors (Lipinski definition) is 1. The third-order valence-electron chi connectivity index (χ3n) is 3.74. The van der Waals surface area contributed by atoms with Gasteiger partial charge >= 0.3 is 5.97 Å². The van der Waals surface area contributed by atoms with Gasteiger partial charge in [0.1, 0.15) is 11.2 Å². The Morgan fingerprint density at radius 1 is 1.27 bits per heavy atom. The van der Waals surface area contributed by atoms with Crippen LogP contribution < -0.4 is 5.56 Å². The molecule has 0 saturated heterocycles. The maximum absolute atomic E-state index is 12.7. The molecule has 0 amide bonds. The first-order valence-corrected chi connectivity index (χ1v) is 7.57. The Bertz CT molecular complexity index is 912. The maximum Gasteiger partial charge on any atom is 0.331 e. The number of aryl methyl sites for hydroxylation is 2. The van der Waals surface area contributed by atoms with Crippen molar-refractivity contribution < 1.29 is 9.90 Å². The van der Waals surface area contributed by atoms with E-state index in [1.807, 2.05) is 13.8 Å². The normalized spacial score (nSPS) is 12.5. The molecule has 22 heavy (non-hydrogen) atoms. The van der Waals surface area contributed by atoms with Gasteiger partial charge in [0.2, 0.25) is 0 Å². The highest BCUT2D eigenvalue weighted by Gasteiger charge is 2.24. The van der Waals surface area contributed by atoms with Gasteiger partial charge in [0, 0.05) is 4.88 Å². The molecule has 3 aromatic rings. The molecular weight excluding hydrogens is 300 g/mol. The summed E-state index contributed by atoms with van der Waals surface area (Å²) in [6.07, 6.45) is 1.33. The lowest BCUT2D eigenvalue weighted by Crippen LogP contribution is -2.30. The van der Waals surface area contributed by atoms with Crippen molar-refractivity contribution in [2.75, 3.05) is 0 Å². The van der Waals surface area contributed by atoms with Crippen LogP contribution in [0.25, 0.3) is 10.2 Å². The van der Waals surface area contributed by atoms with E-state index in [0.717, 1.165) is 10.4 Å². The van der Waals surface area contributed by atoms with E-state index in [0.29, 0.717) is 15.8 Å². The molecule has 0 radical (unpaired) electrons. The molecule has 3 rings (SSSR count). The number of aliphatic carboxylic acids is 1. The number of fused-ring (bicyclic) bond motifs is 1. The monoisotopic (exact) mass is 314 g/mol. The Morgan fingerprint density at radius 2 is 1.95 bits per heavy atom. The van der Waals surface area contributed by atoms with Crippen LogP contribution in [0.4, 0.5) is 0 Å². The van der Waals surface area contributed by atoms with Crippen LogP contribution in [0.1, 0.15) is 22.0 Å². The Kier molecular flexibility index (Phi) is 3.54. The van der Waals surface area contributed by atoms with E-state index in [-0.39, 0.29) is 5.56 Å². The van der Waals surface area contributed by atoms with Crippen LogP contribution in [0.3, 0.4) is 0 Å². The predicted molar refractivity (Wildman–Crippen MR) is 85.6 cm³/mol. The van der Waals surface area contributed by atoms with Crippen LogP contribution in [0, 0.1) is 13.8 Å². The summed E-state index contributed by atoms with van der Waals surface area (Å²) in [5.74, 6) is -1.08. The highest BCUT2D eigenvalue weighted by atomic mass is 32.1. The van der Waals surface area contributed by atoms with Crippen molar-refractivity contribution in [3.8, 4) is 0 Å². The molecule has 0 aliphatic rings.